The largest absolute Gasteiger partial charge is 0.386 e. The van der Waals surface area contributed by atoms with Gasteiger partial charge in [-0.05, 0) is 0 Å². The smallest absolute Gasteiger partial charge is 0.112 e. The lowest BCUT2D eigenvalue weighted by Crippen LogP contribution is -2.41. The molecule has 0 amide bonds. The summed E-state index contributed by atoms with van der Waals surface area (Å²) in [6, 6.07) is 0. The van der Waals surface area contributed by atoms with Crippen molar-refractivity contribution >= 4 is 22.6 Å². The minimum atomic E-state index is -0.148. The average Bonchev–Trinajstić information content (AvgIpc) is 1.62. The quantitative estimate of drug-likeness (QED) is 0.435. The van der Waals surface area contributed by atoms with Gasteiger partial charge < -0.3 is 9.59 Å². The highest BCUT2D eigenvalue weighted by molar-refractivity contribution is 14.1. The fraction of sp³-hybridized carbons (Fsp3) is 1.00. The van der Waals surface area contributed by atoms with Crippen molar-refractivity contribution in [2.45, 2.75) is 6.10 Å². The van der Waals surface area contributed by atoms with Crippen LogP contribution in [-0.2, 0) is 0 Å². The van der Waals surface area contributed by atoms with Crippen LogP contribution in [-0.4, -0.2) is 47.8 Å². The first-order valence-electron chi connectivity index (χ1n) is 3.00. The zero-order chi connectivity index (χ0) is 7.49. The third-order valence-corrected chi connectivity index (χ3v) is 1.95. The molecule has 56 valence electrons. The molecule has 0 bridgehead atoms. The van der Waals surface area contributed by atoms with E-state index in [9.17, 15) is 5.11 Å². The summed E-state index contributed by atoms with van der Waals surface area (Å²) in [6.07, 6.45) is -0.148. The van der Waals surface area contributed by atoms with Crippen molar-refractivity contribution in [1.29, 1.82) is 0 Å². The molecule has 3 heteroatoms. The third-order valence-electron chi connectivity index (χ3n) is 0.937. The van der Waals surface area contributed by atoms with Crippen molar-refractivity contribution in [3.63, 3.8) is 0 Å². The Labute approximate surface area is 70.6 Å². The SMILES string of the molecule is C[N+](C)(C)CC(O)CI. The van der Waals surface area contributed by atoms with Crippen molar-refractivity contribution in [3.8, 4) is 0 Å². The van der Waals surface area contributed by atoms with Gasteiger partial charge >= 0.3 is 0 Å². The van der Waals surface area contributed by atoms with Gasteiger partial charge in [0.2, 0.25) is 0 Å². The van der Waals surface area contributed by atoms with Gasteiger partial charge in [-0.25, -0.2) is 0 Å². The van der Waals surface area contributed by atoms with Gasteiger partial charge in [-0.15, -0.1) is 0 Å². The normalized spacial score (nSPS) is 15.7. The molecule has 0 fully saturated rings. The van der Waals surface area contributed by atoms with Crippen LogP contribution in [0.15, 0.2) is 0 Å². The molecule has 0 saturated carbocycles. The molecule has 9 heavy (non-hydrogen) atoms. The number of aliphatic hydroxyl groups excluding tert-OH is 1. The Morgan fingerprint density at radius 2 is 1.89 bits per heavy atom. The Morgan fingerprint density at radius 3 is 2.00 bits per heavy atom. The van der Waals surface area contributed by atoms with Crippen LogP contribution in [0.5, 0.6) is 0 Å². The molecule has 0 saturated heterocycles. The number of hydrogen-bond acceptors (Lipinski definition) is 1. The van der Waals surface area contributed by atoms with Crippen LogP contribution in [0.25, 0.3) is 0 Å². The van der Waals surface area contributed by atoms with Crippen LogP contribution in [0.4, 0.5) is 0 Å². The number of likely N-dealkylation sites (N-methyl/N-ethyl adjacent to an activating group) is 1. The van der Waals surface area contributed by atoms with Crippen LogP contribution in [0.2, 0.25) is 0 Å². The maximum absolute atomic E-state index is 9.17. The van der Waals surface area contributed by atoms with Gasteiger partial charge in [0.25, 0.3) is 0 Å². The predicted octanol–water partition coefficient (Wildman–Crippen LogP) is 0.488. The number of rotatable bonds is 3. The van der Waals surface area contributed by atoms with E-state index >= 15 is 0 Å². The molecule has 0 aromatic rings. The van der Waals surface area contributed by atoms with Crippen LogP contribution in [0, 0.1) is 0 Å². The fourth-order valence-corrected chi connectivity index (χ4v) is 0.960. The molecular formula is C6H15INO+. The topological polar surface area (TPSA) is 20.2 Å². The van der Waals surface area contributed by atoms with Crippen molar-refractivity contribution in [2.75, 3.05) is 32.1 Å². The molecule has 1 unspecified atom stereocenters. The van der Waals surface area contributed by atoms with E-state index in [2.05, 4.69) is 43.7 Å². The molecule has 0 spiro atoms. The Balaban J connectivity index is 3.47. The van der Waals surface area contributed by atoms with Gasteiger partial charge in [-0.1, -0.05) is 22.6 Å². The van der Waals surface area contributed by atoms with Crippen molar-refractivity contribution in [2.24, 2.45) is 0 Å². The van der Waals surface area contributed by atoms with E-state index in [0.29, 0.717) is 0 Å². The van der Waals surface area contributed by atoms with Crippen LogP contribution in [0.1, 0.15) is 0 Å². The van der Waals surface area contributed by atoms with E-state index in [1.165, 1.54) is 0 Å². The molecule has 0 aromatic heterocycles. The van der Waals surface area contributed by atoms with E-state index in [1.807, 2.05) is 0 Å². The fourth-order valence-electron chi connectivity index (χ4n) is 0.681. The monoisotopic (exact) mass is 244 g/mol. The lowest BCUT2D eigenvalue weighted by molar-refractivity contribution is -0.873. The first kappa shape index (κ1) is 9.65. The van der Waals surface area contributed by atoms with Crippen molar-refractivity contribution in [3.05, 3.63) is 0 Å². The second-order valence-corrected chi connectivity index (χ2v) is 4.16. The zero-order valence-electron chi connectivity index (χ0n) is 6.26. The molecule has 0 heterocycles. The highest BCUT2D eigenvalue weighted by Crippen LogP contribution is 1.97. The van der Waals surface area contributed by atoms with Gasteiger partial charge in [-0.2, -0.15) is 0 Å². The Morgan fingerprint density at radius 1 is 1.44 bits per heavy atom. The summed E-state index contributed by atoms with van der Waals surface area (Å²) >= 11 is 2.19. The highest BCUT2D eigenvalue weighted by Gasteiger charge is 2.12. The second kappa shape index (κ2) is 3.73. The van der Waals surface area contributed by atoms with E-state index in [-0.39, 0.29) is 6.10 Å². The Bertz CT molecular complexity index is 79.6. The molecular weight excluding hydrogens is 229 g/mol. The second-order valence-electron chi connectivity index (χ2n) is 3.28. The molecule has 2 nitrogen and oxygen atoms in total. The summed E-state index contributed by atoms with van der Waals surface area (Å²) in [5.74, 6) is 0. The molecule has 1 atom stereocenters. The summed E-state index contributed by atoms with van der Waals surface area (Å²) < 4.78 is 1.66. The first-order valence-corrected chi connectivity index (χ1v) is 4.53. The number of aliphatic hydroxyl groups is 1. The minimum absolute atomic E-state index is 0.148. The summed E-state index contributed by atoms with van der Waals surface area (Å²) in [6.45, 7) is 0.836. The summed E-state index contributed by atoms with van der Waals surface area (Å²) in [7, 11) is 6.24. The van der Waals surface area contributed by atoms with E-state index in [0.717, 1.165) is 15.5 Å². The maximum atomic E-state index is 9.17. The van der Waals surface area contributed by atoms with E-state index < -0.39 is 0 Å². The van der Waals surface area contributed by atoms with Gasteiger partial charge in [0.05, 0.1) is 21.1 Å². The van der Waals surface area contributed by atoms with E-state index in [1.54, 1.807) is 0 Å². The van der Waals surface area contributed by atoms with Crippen LogP contribution in [0.3, 0.4) is 0 Å². The van der Waals surface area contributed by atoms with Gasteiger partial charge in [0.1, 0.15) is 12.6 Å². The first-order chi connectivity index (χ1) is 3.95. The van der Waals surface area contributed by atoms with Gasteiger partial charge in [0.15, 0.2) is 0 Å². The molecule has 1 N–H and O–H groups in total. The maximum Gasteiger partial charge on any atom is 0.112 e. The zero-order valence-corrected chi connectivity index (χ0v) is 8.42. The van der Waals surface area contributed by atoms with Crippen molar-refractivity contribution < 1.29 is 9.59 Å². The number of quaternary nitrogens is 1. The van der Waals surface area contributed by atoms with Crippen LogP contribution < -0.4 is 0 Å². The number of halogens is 1. The minimum Gasteiger partial charge on any atom is -0.386 e. The number of nitrogens with zero attached hydrogens (tertiary/aromatic N) is 1. The summed E-state index contributed by atoms with van der Waals surface area (Å²) in [5, 5.41) is 9.17. The standard InChI is InChI=1S/C6H15INO/c1-8(2,3)5-6(9)4-7/h6,9H,4-5H2,1-3H3/q+1. The lowest BCUT2D eigenvalue weighted by Gasteiger charge is -2.25. The molecule has 0 rings (SSSR count). The summed E-state index contributed by atoms with van der Waals surface area (Å²) in [4.78, 5) is 0. The Hall–Kier alpha value is 0.650. The third kappa shape index (κ3) is 6.54. The number of alkyl halides is 1. The molecule has 0 aliphatic carbocycles. The lowest BCUT2D eigenvalue weighted by atomic mass is 10.3. The molecule has 0 aromatic carbocycles. The van der Waals surface area contributed by atoms with E-state index in [4.69, 9.17) is 0 Å². The van der Waals surface area contributed by atoms with Gasteiger partial charge in [0, 0.05) is 4.43 Å². The molecule has 0 aliphatic heterocycles. The van der Waals surface area contributed by atoms with Gasteiger partial charge in [-0.3, -0.25) is 0 Å². The molecule has 0 aliphatic rings. The highest BCUT2D eigenvalue weighted by atomic mass is 127. The van der Waals surface area contributed by atoms with Crippen molar-refractivity contribution in [1.82, 2.24) is 0 Å². The number of hydrogen-bond donors (Lipinski definition) is 1. The summed E-state index contributed by atoms with van der Waals surface area (Å²) in [5.41, 5.74) is 0. The average molecular weight is 244 g/mol. The Kier molecular flexibility index (Phi) is 4.00. The van der Waals surface area contributed by atoms with Crippen LogP contribution >= 0.6 is 22.6 Å². The molecule has 0 radical (unpaired) electrons. The predicted molar refractivity (Wildman–Crippen MR) is 47.8 cm³/mol.